The quantitative estimate of drug-likeness (QED) is 0.461. The van der Waals surface area contributed by atoms with E-state index < -0.39 is 0 Å². The van der Waals surface area contributed by atoms with Crippen molar-refractivity contribution in [2.24, 2.45) is 0 Å². The van der Waals surface area contributed by atoms with E-state index in [1.54, 1.807) is 30.9 Å². The topological polar surface area (TPSA) is 103 Å². The lowest BCUT2D eigenvalue weighted by Crippen LogP contribution is -1.85. The average molecular weight is 328 g/mol. The molecule has 0 aliphatic heterocycles. The predicted molar refractivity (Wildman–Crippen MR) is 93.9 cm³/mol. The van der Waals surface area contributed by atoms with Crippen LogP contribution in [0.5, 0.6) is 5.75 Å². The highest BCUT2D eigenvalue weighted by Crippen LogP contribution is 2.30. The van der Waals surface area contributed by atoms with Crippen LogP contribution in [-0.2, 0) is 0 Å². The fraction of sp³-hybridized carbons (Fsp3) is 0. The molecule has 0 saturated carbocycles. The van der Waals surface area contributed by atoms with Crippen LogP contribution in [0.15, 0.2) is 55.2 Å². The highest BCUT2D eigenvalue weighted by molar-refractivity contribution is 5.96. The molecule has 7 heteroatoms. The molecular formula is C18H12N6O. The molecule has 0 aromatic carbocycles. The summed E-state index contributed by atoms with van der Waals surface area (Å²) in [5.74, 6) is 0.106. The Hall–Kier alpha value is -3.74. The van der Waals surface area contributed by atoms with Crippen LogP contribution < -0.4 is 0 Å². The normalized spacial score (nSPS) is 11.4. The second-order valence-corrected chi connectivity index (χ2v) is 5.77. The molecular weight excluding hydrogens is 316 g/mol. The van der Waals surface area contributed by atoms with E-state index >= 15 is 0 Å². The molecule has 0 saturated heterocycles. The second kappa shape index (κ2) is 5.13. The Balaban J connectivity index is 1.70. The fourth-order valence-corrected chi connectivity index (χ4v) is 2.95. The highest BCUT2D eigenvalue weighted by atomic mass is 16.3. The van der Waals surface area contributed by atoms with Crippen molar-refractivity contribution in [2.45, 2.75) is 0 Å². The summed E-state index contributed by atoms with van der Waals surface area (Å²) in [4.78, 5) is 15.9. The Morgan fingerprint density at radius 2 is 1.88 bits per heavy atom. The van der Waals surface area contributed by atoms with Crippen LogP contribution in [0.2, 0.25) is 0 Å². The van der Waals surface area contributed by atoms with Gasteiger partial charge >= 0.3 is 0 Å². The summed E-state index contributed by atoms with van der Waals surface area (Å²) in [5, 5.41) is 19.1. The summed E-state index contributed by atoms with van der Waals surface area (Å²) in [6.45, 7) is 0. The molecule has 0 fully saturated rings. The van der Waals surface area contributed by atoms with E-state index in [0.29, 0.717) is 0 Å². The van der Waals surface area contributed by atoms with Crippen molar-refractivity contribution in [1.82, 2.24) is 30.1 Å². The average Bonchev–Trinajstić information content (AvgIpc) is 3.24. The molecule has 0 aliphatic carbocycles. The molecule has 3 N–H and O–H groups in total. The van der Waals surface area contributed by atoms with Gasteiger partial charge in [-0.1, -0.05) is 0 Å². The van der Waals surface area contributed by atoms with Gasteiger partial charge in [-0.05, 0) is 24.3 Å². The third kappa shape index (κ3) is 2.21. The molecule has 0 aliphatic rings. The maximum Gasteiger partial charge on any atom is 0.134 e. The zero-order chi connectivity index (χ0) is 16.8. The molecule has 5 aromatic heterocycles. The van der Waals surface area contributed by atoms with Gasteiger partial charge in [0.1, 0.15) is 11.4 Å². The predicted octanol–water partition coefficient (Wildman–Crippen LogP) is 3.27. The van der Waals surface area contributed by atoms with Gasteiger partial charge in [-0.2, -0.15) is 5.10 Å². The van der Waals surface area contributed by atoms with Crippen molar-refractivity contribution >= 4 is 21.8 Å². The lowest BCUT2D eigenvalue weighted by Gasteiger charge is -2.01. The number of aromatic amines is 2. The molecule has 0 atom stereocenters. The van der Waals surface area contributed by atoms with E-state index in [2.05, 4.69) is 30.1 Å². The minimum atomic E-state index is 0.106. The van der Waals surface area contributed by atoms with E-state index in [4.69, 9.17) is 0 Å². The van der Waals surface area contributed by atoms with Crippen LogP contribution in [0, 0.1) is 0 Å². The van der Waals surface area contributed by atoms with E-state index in [0.717, 1.165) is 44.5 Å². The summed E-state index contributed by atoms with van der Waals surface area (Å²) in [5.41, 5.74) is 4.97. The second-order valence-electron chi connectivity index (χ2n) is 5.77. The first-order valence-electron chi connectivity index (χ1n) is 7.69. The molecule has 7 nitrogen and oxygen atoms in total. The summed E-state index contributed by atoms with van der Waals surface area (Å²) in [6, 6.07) is 7.57. The van der Waals surface area contributed by atoms with Gasteiger partial charge in [0.05, 0.1) is 41.0 Å². The number of rotatable bonds is 2. The Bertz CT molecular complexity index is 1190. The van der Waals surface area contributed by atoms with Crippen LogP contribution in [0.4, 0.5) is 0 Å². The minimum Gasteiger partial charge on any atom is -0.506 e. The Morgan fingerprint density at radius 1 is 0.920 bits per heavy atom. The lowest BCUT2D eigenvalue weighted by atomic mass is 10.1. The van der Waals surface area contributed by atoms with Crippen molar-refractivity contribution in [1.29, 1.82) is 0 Å². The van der Waals surface area contributed by atoms with E-state index in [1.165, 1.54) is 6.20 Å². The number of fused-ring (bicyclic) bond motifs is 2. The van der Waals surface area contributed by atoms with Gasteiger partial charge in [-0.15, -0.1) is 0 Å². The zero-order valence-electron chi connectivity index (χ0n) is 12.9. The van der Waals surface area contributed by atoms with Crippen molar-refractivity contribution < 1.29 is 5.11 Å². The standard InChI is InChI=1S/C18H12N6O/c25-12-3-11(6-20-7-12)14-5-13-17(9-21-14)23-24-18(13)15-4-10-1-2-19-8-16(10)22-15/h1-9,22,25H,(H,23,24). The lowest BCUT2D eigenvalue weighted by molar-refractivity contribution is 0.473. The third-order valence-corrected chi connectivity index (χ3v) is 4.15. The first-order valence-corrected chi connectivity index (χ1v) is 7.69. The number of hydrogen-bond donors (Lipinski definition) is 3. The molecule has 0 spiro atoms. The van der Waals surface area contributed by atoms with Gasteiger partial charge in [0.25, 0.3) is 0 Å². The number of aromatic nitrogens is 6. The molecule has 120 valence electrons. The van der Waals surface area contributed by atoms with E-state index in [-0.39, 0.29) is 5.75 Å². The number of nitrogens with one attached hydrogen (secondary N) is 2. The first kappa shape index (κ1) is 13.7. The largest absolute Gasteiger partial charge is 0.506 e. The number of hydrogen-bond acceptors (Lipinski definition) is 5. The number of aromatic hydroxyl groups is 1. The number of H-pyrrole nitrogens is 2. The summed E-state index contributed by atoms with van der Waals surface area (Å²) >= 11 is 0. The van der Waals surface area contributed by atoms with Gasteiger partial charge in [0.15, 0.2) is 0 Å². The molecule has 0 unspecified atom stereocenters. The molecule has 5 heterocycles. The van der Waals surface area contributed by atoms with Crippen molar-refractivity contribution in [2.75, 3.05) is 0 Å². The number of nitrogens with zero attached hydrogens (tertiary/aromatic N) is 4. The maximum atomic E-state index is 9.64. The molecule has 0 amide bonds. The van der Waals surface area contributed by atoms with Gasteiger partial charge in [-0.3, -0.25) is 20.1 Å². The van der Waals surface area contributed by atoms with Crippen LogP contribution >= 0.6 is 0 Å². The maximum absolute atomic E-state index is 9.64. The first-order chi connectivity index (χ1) is 12.3. The number of pyridine rings is 3. The van der Waals surface area contributed by atoms with Gasteiger partial charge in [-0.25, -0.2) is 0 Å². The summed E-state index contributed by atoms with van der Waals surface area (Å²) in [7, 11) is 0. The Labute approximate surface area is 141 Å². The summed E-state index contributed by atoms with van der Waals surface area (Å²) in [6.07, 6.45) is 8.35. The molecule has 5 rings (SSSR count). The Kier molecular flexibility index (Phi) is 2.81. The van der Waals surface area contributed by atoms with Crippen molar-refractivity contribution in [3.05, 3.63) is 55.2 Å². The van der Waals surface area contributed by atoms with Crippen LogP contribution in [0.1, 0.15) is 0 Å². The smallest absolute Gasteiger partial charge is 0.134 e. The zero-order valence-corrected chi connectivity index (χ0v) is 12.9. The van der Waals surface area contributed by atoms with Crippen molar-refractivity contribution in [3.8, 4) is 28.4 Å². The monoisotopic (exact) mass is 328 g/mol. The molecule has 0 bridgehead atoms. The van der Waals surface area contributed by atoms with E-state index in [1.807, 2.05) is 18.2 Å². The van der Waals surface area contributed by atoms with Gasteiger partial charge in [0, 0.05) is 28.7 Å². The third-order valence-electron chi connectivity index (χ3n) is 4.15. The minimum absolute atomic E-state index is 0.106. The SMILES string of the molecule is Oc1cncc(-c2cc3c(-c4cc5ccncc5[nH]4)n[nH]c3cn2)c1. The van der Waals surface area contributed by atoms with E-state index in [9.17, 15) is 5.11 Å². The van der Waals surface area contributed by atoms with Crippen LogP contribution in [0.3, 0.4) is 0 Å². The van der Waals surface area contributed by atoms with Crippen molar-refractivity contribution in [3.63, 3.8) is 0 Å². The highest BCUT2D eigenvalue weighted by Gasteiger charge is 2.13. The Morgan fingerprint density at radius 3 is 2.76 bits per heavy atom. The van der Waals surface area contributed by atoms with Crippen LogP contribution in [-0.4, -0.2) is 35.2 Å². The molecule has 25 heavy (non-hydrogen) atoms. The van der Waals surface area contributed by atoms with Gasteiger partial charge < -0.3 is 10.1 Å². The molecule has 0 radical (unpaired) electrons. The van der Waals surface area contributed by atoms with Crippen LogP contribution in [0.25, 0.3) is 44.5 Å². The fourth-order valence-electron chi connectivity index (χ4n) is 2.95. The van der Waals surface area contributed by atoms with Gasteiger partial charge in [0.2, 0.25) is 0 Å². The summed E-state index contributed by atoms with van der Waals surface area (Å²) < 4.78 is 0. The molecule has 5 aromatic rings.